The highest BCUT2D eigenvalue weighted by atomic mass is 32.2. The van der Waals surface area contributed by atoms with Crippen molar-refractivity contribution < 1.29 is 9.72 Å². The van der Waals surface area contributed by atoms with E-state index in [2.05, 4.69) is 20.4 Å². The van der Waals surface area contributed by atoms with Gasteiger partial charge in [-0.3, -0.25) is 24.3 Å². The largest absolute Gasteiger partial charge is 0.354 e. The Morgan fingerprint density at radius 2 is 1.97 bits per heavy atom. The Hall–Kier alpha value is -4.10. The fourth-order valence-corrected chi connectivity index (χ4v) is 5.48. The van der Waals surface area contributed by atoms with Crippen LogP contribution in [0.1, 0.15) is 5.56 Å². The standard InChI is InChI=1S/C23H19N7O4S2/c31-20(13-35-23-27-18-3-1-2-4-19(18)36-23)24-9-10-29-21-17(11-26-29)22(32)28(14-25-21)12-15-5-7-16(8-6-15)30(33)34/h1-8,11,14H,9-10,12-13H2,(H,24,31). The van der Waals surface area contributed by atoms with Crippen LogP contribution in [-0.2, 0) is 17.9 Å². The first-order valence-electron chi connectivity index (χ1n) is 10.9. The van der Waals surface area contributed by atoms with Crippen molar-refractivity contribution in [2.45, 2.75) is 17.4 Å². The minimum atomic E-state index is -0.470. The molecule has 13 heteroatoms. The minimum absolute atomic E-state index is 0.0108. The highest BCUT2D eigenvalue weighted by Gasteiger charge is 2.12. The van der Waals surface area contributed by atoms with Gasteiger partial charge in [0, 0.05) is 18.7 Å². The molecule has 0 saturated heterocycles. The molecule has 0 unspecified atom stereocenters. The van der Waals surface area contributed by atoms with Crippen molar-refractivity contribution in [3.63, 3.8) is 0 Å². The van der Waals surface area contributed by atoms with Gasteiger partial charge in [0.25, 0.3) is 11.2 Å². The van der Waals surface area contributed by atoms with Gasteiger partial charge in [-0.2, -0.15) is 5.10 Å². The number of nitro groups is 1. The Morgan fingerprint density at radius 3 is 2.75 bits per heavy atom. The predicted molar refractivity (Wildman–Crippen MR) is 137 cm³/mol. The van der Waals surface area contributed by atoms with Crippen molar-refractivity contribution in [1.82, 2.24) is 29.6 Å². The molecule has 0 atom stereocenters. The summed E-state index contributed by atoms with van der Waals surface area (Å²) in [6.45, 7) is 0.927. The van der Waals surface area contributed by atoms with Crippen LogP contribution in [-0.4, -0.2) is 47.4 Å². The van der Waals surface area contributed by atoms with Crippen molar-refractivity contribution in [2.75, 3.05) is 12.3 Å². The van der Waals surface area contributed by atoms with Gasteiger partial charge < -0.3 is 5.32 Å². The Morgan fingerprint density at radius 1 is 1.17 bits per heavy atom. The lowest BCUT2D eigenvalue weighted by atomic mass is 10.2. The van der Waals surface area contributed by atoms with Gasteiger partial charge in [0.2, 0.25) is 5.91 Å². The van der Waals surface area contributed by atoms with Crippen LogP contribution < -0.4 is 10.9 Å². The van der Waals surface area contributed by atoms with Gasteiger partial charge in [-0.15, -0.1) is 11.3 Å². The Kier molecular flexibility index (Phi) is 6.73. The highest BCUT2D eigenvalue weighted by Crippen LogP contribution is 2.29. The third-order valence-electron chi connectivity index (χ3n) is 5.37. The van der Waals surface area contributed by atoms with Crippen molar-refractivity contribution in [1.29, 1.82) is 0 Å². The zero-order chi connectivity index (χ0) is 25.1. The smallest absolute Gasteiger partial charge is 0.269 e. The van der Waals surface area contributed by atoms with E-state index in [9.17, 15) is 19.7 Å². The second-order valence-corrected chi connectivity index (χ2v) is 10.0. The van der Waals surface area contributed by atoms with Crippen molar-refractivity contribution in [3.8, 4) is 0 Å². The summed E-state index contributed by atoms with van der Waals surface area (Å²) >= 11 is 2.95. The fraction of sp³-hybridized carbons (Fsp3) is 0.174. The van der Waals surface area contributed by atoms with E-state index in [1.165, 1.54) is 41.0 Å². The van der Waals surface area contributed by atoms with Crippen molar-refractivity contribution in [3.05, 3.63) is 87.1 Å². The van der Waals surface area contributed by atoms with Crippen LogP contribution in [0.15, 0.2) is 70.2 Å². The fourth-order valence-electron chi connectivity index (χ4n) is 3.59. The number of carbonyl (C=O) groups excluding carboxylic acids is 1. The van der Waals surface area contributed by atoms with Crippen molar-refractivity contribution >= 4 is 55.9 Å². The van der Waals surface area contributed by atoms with Crippen molar-refractivity contribution in [2.24, 2.45) is 0 Å². The maximum atomic E-state index is 12.9. The maximum Gasteiger partial charge on any atom is 0.269 e. The molecule has 5 rings (SSSR count). The number of benzene rings is 2. The molecule has 0 aliphatic heterocycles. The number of carbonyl (C=O) groups is 1. The first-order chi connectivity index (χ1) is 17.5. The molecule has 11 nitrogen and oxygen atoms in total. The van der Waals surface area contributed by atoms with E-state index < -0.39 is 4.92 Å². The maximum absolute atomic E-state index is 12.9. The summed E-state index contributed by atoms with van der Waals surface area (Å²) in [7, 11) is 0. The summed E-state index contributed by atoms with van der Waals surface area (Å²) < 4.78 is 4.94. The average Bonchev–Trinajstić information content (AvgIpc) is 3.49. The summed E-state index contributed by atoms with van der Waals surface area (Å²) in [4.78, 5) is 44.4. The number of hydrogen-bond acceptors (Lipinski definition) is 9. The van der Waals surface area contributed by atoms with Gasteiger partial charge >= 0.3 is 0 Å². The molecule has 36 heavy (non-hydrogen) atoms. The number of rotatable bonds is 9. The minimum Gasteiger partial charge on any atom is -0.354 e. The normalized spacial score (nSPS) is 11.2. The molecule has 3 heterocycles. The van der Waals surface area contributed by atoms with E-state index in [0.29, 0.717) is 24.1 Å². The van der Waals surface area contributed by atoms with E-state index in [1.807, 2.05) is 24.3 Å². The second-order valence-electron chi connectivity index (χ2n) is 7.79. The number of nitrogens with one attached hydrogen (secondary N) is 1. The number of aromatic nitrogens is 5. The van der Waals surface area contributed by atoms with Gasteiger partial charge in [0.1, 0.15) is 11.7 Å². The summed E-state index contributed by atoms with van der Waals surface area (Å²) in [6, 6.07) is 13.9. The SMILES string of the molecule is O=C(CSc1nc2ccccc2s1)NCCn1ncc2c(=O)n(Cc3ccc([N+](=O)[O-])cc3)cnc21. The third kappa shape index (κ3) is 5.11. The van der Waals surface area contributed by atoms with Crippen LogP contribution in [0.25, 0.3) is 21.3 Å². The number of nitro benzene ring substituents is 1. The van der Waals surface area contributed by atoms with E-state index in [0.717, 1.165) is 20.1 Å². The lowest BCUT2D eigenvalue weighted by Gasteiger charge is -2.07. The van der Waals surface area contributed by atoms with Gasteiger partial charge in [-0.25, -0.2) is 14.6 Å². The zero-order valence-electron chi connectivity index (χ0n) is 18.7. The lowest BCUT2D eigenvalue weighted by molar-refractivity contribution is -0.384. The summed E-state index contributed by atoms with van der Waals surface area (Å²) in [6.07, 6.45) is 2.89. The Bertz CT molecular complexity index is 1590. The lowest BCUT2D eigenvalue weighted by Crippen LogP contribution is -2.29. The Labute approximate surface area is 211 Å². The van der Waals surface area contributed by atoms with E-state index >= 15 is 0 Å². The summed E-state index contributed by atoms with van der Waals surface area (Å²) in [5.74, 6) is 0.139. The molecule has 5 aromatic rings. The van der Waals surface area contributed by atoms with Gasteiger partial charge in [-0.1, -0.05) is 36.0 Å². The first kappa shape index (κ1) is 23.6. The number of para-hydroxylation sites is 1. The van der Waals surface area contributed by atoms with Gasteiger partial charge in [0.05, 0.1) is 40.2 Å². The molecule has 0 saturated carbocycles. The molecule has 0 aliphatic rings. The second kappa shape index (κ2) is 10.3. The van der Waals surface area contributed by atoms with E-state index in [4.69, 9.17) is 0 Å². The van der Waals surface area contributed by atoms with Gasteiger partial charge in [-0.05, 0) is 17.7 Å². The topological polar surface area (TPSA) is 138 Å². The van der Waals surface area contributed by atoms with Crippen LogP contribution in [0.4, 0.5) is 5.69 Å². The molecule has 1 amide bonds. The number of fused-ring (bicyclic) bond motifs is 2. The molecule has 0 aliphatic carbocycles. The van der Waals surface area contributed by atoms with Crippen LogP contribution in [0, 0.1) is 10.1 Å². The quantitative estimate of drug-likeness (QED) is 0.177. The molecular formula is C23H19N7O4S2. The van der Waals surface area contributed by atoms with Gasteiger partial charge in [0.15, 0.2) is 9.99 Å². The average molecular weight is 522 g/mol. The van der Waals surface area contributed by atoms with Crippen LogP contribution >= 0.6 is 23.1 Å². The summed E-state index contributed by atoms with van der Waals surface area (Å²) in [5, 5.41) is 18.3. The number of thiazole rings is 1. The molecule has 2 aromatic carbocycles. The third-order valence-corrected chi connectivity index (χ3v) is 7.55. The summed E-state index contributed by atoms with van der Waals surface area (Å²) in [5.41, 5.74) is 1.82. The number of hydrogen-bond donors (Lipinski definition) is 1. The number of non-ortho nitro benzene ring substituents is 1. The molecule has 182 valence electrons. The molecule has 1 N–H and O–H groups in total. The highest BCUT2D eigenvalue weighted by molar-refractivity contribution is 8.01. The molecule has 0 bridgehead atoms. The number of nitrogens with zero attached hydrogens (tertiary/aromatic N) is 6. The van der Waals surface area contributed by atoms with Crippen LogP contribution in [0.2, 0.25) is 0 Å². The zero-order valence-corrected chi connectivity index (χ0v) is 20.4. The van der Waals surface area contributed by atoms with E-state index in [1.54, 1.807) is 28.2 Å². The van der Waals surface area contributed by atoms with Crippen LogP contribution in [0.5, 0.6) is 0 Å². The molecular weight excluding hydrogens is 502 g/mol. The molecule has 0 spiro atoms. The van der Waals surface area contributed by atoms with Crippen LogP contribution in [0.3, 0.4) is 0 Å². The monoisotopic (exact) mass is 521 g/mol. The first-order valence-corrected chi connectivity index (χ1v) is 12.7. The molecule has 0 radical (unpaired) electrons. The molecule has 3 aromatic heterocycles. The molecule has 0 fully saturated rings. The number of thioether (sulfide) groups is 1. The number of amides is 1. The Balaban J connectivity index is 1.17. The predicted octanol–water partition coefficient (Wildman–Crippen LogP) is 3.07. The van der Waals surface area contributed by atoms with E-state index in [-0.39, 0.29) is 29.5 Å².